The van der Waals surface area contributed by atoms with Crippen LogP contribution >= 0.6 is 0 Å². The molecule has 2 N–H and O–H groups in total. The summed E-state index contributed by atoms with van der Waals surface area (Å²) in [6.45, 7) is 3.81. The van der Waals surface area contributed by atoms with E-state index in [0.29, 0.717) is 0 Å². The quantitative estimate of drug-likeness (QED) is 0.682. The molecule has 0 atom stereocenters. The highest BCUT2D eigenvalue weighted by Gasteiger charge is 2.05. The summed E-state index contributed by atoms with van der Waals surface area (Å²) in [5.74, 6) is 0.743. The predicted molar refractivity (Wildman–Crippen MR) is 69.4 cm³/mol. The molecule has 0 aliphatic heterocycles. The summed E-state index contributed by atoms with van der Waals surface area (Å²) in [6, 6.07) is 7.65. The second-order valence-electron chi connectivity index (χ2n) is 4.28. The number of aryl methyl sites for hydroxylation is 2. The topological polar surface area (TPSA) is 74.4 Å². The van der Waals surface area contributed by atoms with E-state index < -0.39 is 0 Å². The van der Waals surface area contributed by atoms with Crippen LogP contribution in [0.2, 0.25) is 0 Å². The fraction of sp³-hybridized carbons (Fsp3) is 0.154. The molecule has 0 fully saturated rings. The minimum Gasteiger partial charge on any atom is -0.306 e. The predicted octanol–water partition coefficient (Wildman–Crippen LogP) is 1.93. The van der Waals surface area contributed by atoms with Gasteiger partial charge in [-0.1, -0.05) is 6.07 Å². The van der Waals surface area contributed by atoms with E-state index in [4.69, 9.17) is 0 Å². The normalized spacial score (nSPS) is 11.0. The summed E-state index contributed by atoms with van der Waals surface area (Å²) < 4.78 is 0. The van der Waals surface area contributed by atoms with E-state index >= 15 is 0 Å². The maximum Gasteiger partial charge on any atom is 0.323 e. The maximum atomic E-state index is 11.2. The number of nitrogens with one attached hydrogen (secondary N) is 2. The summed E-state index contributed by atoms with van der Waals surface area (Å²) in [5.41, 5.74) is 4.14. The smallest absolute Gasteiger partial charge is 0.306 e. The van der Waals surface area contributed by atoms with Crippen LogP contribution in [0.3, 0.4) is 0 Å². The van der Waals surface area contributed by atoms with Gasteiger partial charge in [0.2, 0.25) is 0 Å². The highest BCUT2D eigenvalue weighted by atomic mass is 16.1. The minimum absolute atomic E-state index is 0.197. The summed E-state index contributed by atoms with van der Waals surface area (Å²) in [7, 11) is 0. The van der Waals surface area contributed by atoms with Gasteiger partial charge in [-0.05, 0) is 32.0 Å². The van der Waals surface area contributed by atoms with Crippen molar-refractivity contribution in [3.05, 3.63) is 46.3 Å². The van der Waals surface area contributed by atoms with Crippen molar-refractivity contribution >= 4 is 11.0 Å². The van der Waals surface area contributed by atoms with Crippen molar-refractivity contribution in [3.8, 4) is 11.3 Å². The van der Waals surface area contributed by atoms with Crippen LogP contribution in [0.5, 0.6) is 0 Å². The van der Waals surface area contributed by atoms with E-state index in [1.807, 2.05) is 38.1 Å². The van der Waals surface area contributed by atoms with Crippen LogP contribution in [0.4, 0.5) is 0 Å². The lowest BCUT2D eigenvalue weighted by Gasteiger charge is -2.03. The third-order valence-corrected chi connectivity index (χ3v) is 2.78. The van der Waals surface area contributed by atoms with E-state index in [0.717, 1.165) is 33.8 Å². The van der Waals surface area contributed by atoms with Crippen LogP contribution in [0.15, 0.2) is 29.1 Å². The molecule has 0 bridgehead atoms. The van der Waals surface area contributed by atoms with Crippen molar-refractivity contribution in [2.45, 2.75) is 13.8 Å². The van der Waals surface area contributed by atoms with E-state index in [2.05, 4.69) is 19.9 Å². The Bertz CT molecular complexity index is 765. The molecule has 5 nitrogen and oxygen atoms in total. The molecule has 2 heterocycles. The first-order valence-corrected chi connectivity index (χ1v) is 5.66. The van der Waals surface area contributed by atoms with Gasteiger partial charge in [-0.15, -0.1) is 0 Å². The van der Waals surface area contributed by atoms with Crippen LogP contribution in [0.25, 0.3) is 22.3 Å². The molecule has 1 aromatic carbocycles. The molecule has 0 radical (unpaired) electrons. The van der Waals surface area contributed by atoms with Gasteiger partial charge < -0.3 is 9.97 Å². The maximum absolute atomic E-state index is 11.2. The van der Waals surface area contributed by atoms with Crippen molar-refractivity contribution in [3.63, 3.8) is 0 Å². The average Bonchev–Trinajstić information content (AvgIpc) is 2.66. The monoisotopic (exact) mass is 240 g/mol. The number of imidazole rings is 1. The zero-order chi connectivity index (χ0) is 12.7. The molecule has 0 unspecified atom stereocenters. The number of H-pyrrole nitrogens is 2. The Morgan fingerprint density at radius 1 is 1.00 bits per heavy atom. The van der Waals surface area contributed by atoms with Crippen molar-refractivity contribution in [2.75, 3.05) is 0 Å². The molecule has 0 saturated carbocycles. The van der Waals surface area contributed by atoms with Crippen LogP contribution in [0.1, 0.15) is 11.5 Å². The lowest BCUT2D eigenvalue weighted by Crippen LogP contribution is -1.99. The number of benzene rings is 1. The number of aromatic nitrogens is 4. The Morgan fingerprint density at radius 2 is 1.78 bits per heavy atom. The second-order valence-corrected chi connectivity index (χ2v) is 4.28. The standard InChI is InChI=1S/C13H12N4O/c1-7-5-11(15-8(2)14-7)9-3-4-10-12(6-9)17-13(18)16-10/h3-6H,1-2H3,(H2,16,17,18). The zero-order valence-electron chi connectivity index (χ0n) is 10.1. The third kappa shape index (κ3) is 1.79. The number of aromatic amines is 2. The summed E-state index contributed by atoms with van der Waals surface area (Å²) in [5, 5.41) is 0. The van der Waals surface area contributed by atoms with Crippen LogP contribution < -0.4 is 5.69 Å². The molecule has 0 aliphatic rings. The van der Waals surface area contributed by atoms with Crippen LogP contribution in [0, 0.1) is 13.8 Å². The Kier molecular flexibility index (Phi) is 2.26. The largest absolute Gasteiger partial charge is 0.323 e. The van der Waals surface area contributed by atoms with Gasteiger partial charge in [0, 0.05) is 11.3 Å². The van der Waals surface area contributed by atoms with E-state index in [1.54, 1.807) is 0 Å². The van der Waals surface area contributed by atoms with Gasteiger partial charge in [0.15, 0.2) is 0 Å². The second kappa shape index (κ2) is 3.80. The molecule has 0 aliphatic carbocycles. The zero-order valence-corrected chi connectivity index (χ0v) is 10.1. The van der Waals surface area contributed by atoms with Crippen molar-refractivity contribution < 1.29 is 0 Å². The molecule has 5 heteroatoms. The average molecular weight is 240 g/mol. The molecule has 0 saturated heterocycles. The number of rotatable bonds is 1. The summed E-state index contributed by atoms with van der Waals surface area (Å²) in [4.78, 5) is 25.3. The summed E-state index contributed by atoms with van der Waals surface area (Å²) >= 11 is 0. The van der Waals surface area contributed by atoms with Crippen molar-refractivity contribution in [1.29, 1.82) is 0 Å². The Hall–Kier alpha value is -2.43. The van der Waals surface area contributed by atoms with Crippen molar-refractivity contribution in [2.24, 2.45) is 0 Å². The van der Waals surface area contributed by atoms with E-state index in [-0.39, 0.29) is 5.69 Å². The van der Waals surface area contributed by atoms with Gasteiger partial charge in [-0.25, -0.2) is 14.8 Å². The van der Waals surface area contributed by atoms with Crippen LogP contribution in [-0.2, 0) is 0 Å². The Labute approximate surface area is 103 Å². The molecule has 0 amide bonds. The molecule has 3 rings (SSSR count). The van der Waals surface area contributed by atoms with Crippen molar-refractivity contribution in [1.82, 2.24) is 19.9 Å². The summed E-state index contributed by atoms with van der Waals surface area (Å²) in [6.07, 6.45) is 0. The van der Waals surface area contributed by atoms with Crippen LogP contribution in [-0.4, -0.2) is 19.9 Å². The Morgan fingerprint density at radius 3 is 2.56 bits per heavy atom. The molecular formula is C13H12N4O. The fourth-order valence-electron chi connectivity index (χ4n) is 2.06. The molecule has 3 aromatic rings. The highest BCUT2D eigenvalue weighted by Crippen LogP contribution is 2.21. The van der Waals surface area contributed by atoms with Gasteiger partial charge >= 0.3 is 5.69 Å². The number of hydrogen-bond acceptors (Lipinski definition) is 3. The number of nitrogens with zero attached hydrogens (tertiary/aromatic N) is 2. The first-order chi connectivity index (χ1) is 8.61. The molecule has 18 heavy (non-hydrogen) atoms. The van der Waals surface area contributed by atoms with Gasteiger partial charge in [-0.3, -0.25) is 0 Å². The SMILES string of the molecule is Cc1cc(-c2ccc3[nH]c(=O)[nH]c3c2)nc(C)n1. The lowest BCUT2D eigenvalue weighted by atomic mass is 10.1. The first kappa shape index (κ1) is 10.7. The molecular weight excluding hydrogens is 228 g/mol. The third-order valence-electron chi connectivity index (χ3n) is 2.78. The molecule has 0 spiro atoms. The van der Waals surface area contributed by atoms with E-state index in [1.165, 1.54) is 0 Å². The lowest BCUT2D eigenvalue weighted by molar-refractivity contribution is 1.02. The fourth-order valence-corrected chi connectivity index (χ4v) is 2.06. The molecule has 2 aromatic heterocycles. The van der Waals surface area contributed by atoms with Gasteiger partial charge in [-0.2, -0.15) is 0 Å². The van der Waals surface area contributed by atoms with Gasteiger partial charge in [0.1, 0.15) is 5.82 Å². The Balaban J connectivity index is 2.21. The van der Waals surface area contributed by atoms with Gasteiger partial charge in [0.25, 0.3) is 0 Å². The highest BCUT2D eigenvalue weighted by molar-refractivity contribution is 5.80. The minimum atomic E-state index is -0.197. The number of hydrogen-bond donors (Lipinski definition) is 2. The van der Waals surface area contributed by atoms with Gasteiger partial charge in [0.05, 0.1) is 16.7 Å². The van der Waals surface area contributed by atoms with E-state index in [9.17, 15) is 4.79 Å². The molecule has 90 valence electrons. The first-order valence-electron chi connectivity index (χ1n) is 5.66. The number of fused-ring (bicyclic) bond motifs is 1.